The quantitative estimate of drug-likeness (QED) is 0.855. The molecule has 0 saturated heterocycles. The van der Waals surface area contributed by atoms with E-state index in [2.05, 4.69) is 31.3 Å². The van der Waals surface area contributed by atoms with Gasteiger partial charge in [0, 0.05) is 18.7 Å². The van der Waals surface area contributed by atoms with Crippen LogP contribution in [0.2, 0.25) is 0 Å². The topological polar surface area (TPSA) is 41.5 Å². The van der Waals surface area contributed by atoms with Crippen LogP contribution in [0.4, 0.5) is 0 Å². The van der Waals surface area contributed by atoms with E-state index in [0.29, 0.717) is 18.0 Å². The molecule has 2 N–H and O–H groups in total. The summed E-state index contributed by atoms with van der Waals surface area (Å²) in [6.07, 6.45) is 3.34. The molecular weight excluding hydrogens is 238 g/mol. The first-order valence-electron chi connectivity index (χ1n) is 7.16. The highest BCUT2D eigenvalue weighted by atomic mass is 16.5. The van der Waals surface area contributed by atoms with Crippen molar-refractivity contribution in [2.75, 3.05) is 13.7 Å². The Balaban J connectivity index is 2.00. The van der Waals surface area contributed by atoms with Crippen LogP contribution in [0.1, 0.15) is 31.4 Å². The van der Waals surface area contributed by atoms with Gasteiger partial charge in [-0.3, -0.25) is 0 Å². The van der Waals surface area contributed by atoms with Gasteiger partial charge in [-0.25, -0.2) is 0 Å². The Morgan fingerprint density at radius 1 is 1.37 bits per heavy atom. The fourth-order valence-electron chi connectivity index (χ4n) is 2.70. The van der Waals surface area contributed by atoms with Crippen molar-refractivity contribution in [2.45, 2.75) is 45.2 Å². The summed E-state index contributed by atoms with van der Waals surface area (Å²) >= 11 is 0. The Bertz CT molecular complexity index is 419. The lowest BCUT2D eigenvalue weighted by Crippen LogP contribution is -2.43. The molecule has 0 radical (unpaired) electrons. The number of aryl methyl sites for hydroxylation is 1. The molecule has 106 valence electrons. The molecule has 1 aliphatic rings. The number of aliphatic hydroxyl groups excluding tert-OH is 1. The molecule has 0 aromatic heterocycles. The van der Waals surface area contributed by atoms with Crippen molar-refractivity contribution < 1.29 is 9.84 Å². The predicted molar refractivity (Wildman–Crippen MR) is 77.7 cm³/mol. The zero-order valence-electron chi connectivity index (χ0n) is 12.1. The molecule has 1 aromatic rings. The minimum atomic E-state index is 0.241. The first kappa shape index (κ1) is 14.4. The minimum Gasteiger partial charge on any atom is -0.497 e. The lowest BCUT2D eigenvalue weighted by Gasteiger charge is -2.30. The highest BCUT2D eigenvalue weighted by molar-refractivity contribution is 5.37. The van der Waals surface area contributed by atoms with E-state index >= 15 is 0 Å². The summed E-state index contributed by atoms with van der Waals surface area (Å²) in [5, 5.41) is 12.9. The summed E-state index contributed by atoms with van der Waals surface area (Å²) in [5.74, 6) is 1.24. The van der Waals surface area contributed by atoms with E-state index in [9.17, 15) is 5.11 Å². The number of methoxy groups -OCH3 is 1. The second-order valence-corrected chi connectivity index (χ2v) is 5.69. The largest absolute Gasteiger partial charge is 0.497 e. The van der Waals surface area contributed by atoms with E-state index in [4.69, 9.17) is 4.74 Å². The fourth-order valence-corrected chi connectivity index (χ4v) is 2.70. The average molecular weight is 263 g/mol. The van der Waals surface area contributed by atoms with Crippen LogP contribution in [0.3, 0.4) is 0 Å². The third-order valence-corrected chi connectivity index (χ3v) is 4.28. The summed E-state index contributed by atoms with van der Waals surface area (Å²) in [6.45, 7) is 4.48. The van der Waals surface area contributed by atoms with Crippen molar-refractivity contribution in [3.05, 3.63) is 29.3 Å². The number of nitrogens with one attached hydrogen (secondary N) is 1. The van der Waals surface area contributed by atoms with Crippen LogP contribution in [0.15, 0.2) is 18.2 Å². The van der Waals surface area contributed by atoms with Gasteiger partial charge in [0.05, 0.1) is 7.11 Å². The Morgan fingerprint density at radius 2 is 2.16 bits per heavy atom. The molecule has 0 saturated carbocycles. The first-order valence-corrected chi connectivity index (χ1v) is 7.16. The van der Waals surface area contributed by atoms with Crippen LogP contribution < -0.4 is 10.1 Å². The van der Waals surface area contributed by atoms with Gasteiger partial charge >= 0.3 is 0 Å². The van der Waals surface area contributed by atoms with Crippen LogP contribution in [0.5, 0.6) is 5.75 Å². The fraction of sp³-hybridized carbons (Fsp3) is 0.625. The molecule has 1 aliphatic carbocycles. The van der Waals surface area contributed by atoms with Gasteiger partial charge in [0.15, 0.2) is 0 Å². The summed E-state index contributed by atoms with van der Waals surface area (Å²) in [6, 6.07) is 7.24. The summed E-state index contributed by atoms with van der Waals surface area (Å²) < 4.78 is 5.30. The number of fused-ring (bicyclic) bond motifs is 1. The van der Waals surface area contributed by atoms with Gasteiger partial charge in [-0.15, -0.1) is 0 Å². The number of ether oxygens (including phenoxy) is 1. The second kappa shape index (κ2) is 6.40. The number of hydrogen-bond acceptors (Lipinski definition) is 3. The number of rotatable bonds is 5. The van der Waals surface area contributed by atoms with Gasteiger partial charge in [-0.2, -0.15) is 0 Å². The molecule has 0 fully saturated rings. The molecule has 1 aromatic carbocycles. The van der Waals surface area contributed by atoms with Crippen molar-refractivity contribution in [2.24, 2.45) is 5.92 Å². The minimum absolute atomic E-state index is 0.241. The lowest BCUT2D eigenvalue weighted by atomic mass is 9.87. The van der Waals surface area contributed by atoms with Crippen LogP contribution >= 0.6 is 0 Å². The van der Waals surface area contributed by atoms with E-state index in [1.807, 2.05) is 6.07 Å². The maximum absolute atomic E-state index is 9.20. The first-order chi connectivity index (χ1) is 9.13. The van der Waals surface area contributed by atoms with Gasteiger partial charge in [-0.1, -0.05) is 13.0 Å². The van der Waals surface area contributed by atoms with Gasteiger partial charge in [-0.05, 0) is 55.4 Å². The summed E-state index contributed by atoms with van der Waals surface area (Å²) in [5.41, 5.74) is 2.84. The van der Waals surface area contributed by atoms with Crippen molar-refractivity contribution in [3.8, 4) is 5.75 Å². The van der Waals surface area contributed by atoms with E-state index in [1.54, 1.807) is 7.11 Å². The molecule has 2 rings (SSSR count). The maximum Gasteiger partial charge on any atom is 0.119 e. The Labute approximate surface area is 116 Å². The highest BCUT2D eigenvalue weighted by Gasteiger charge is 2.22. The number of benzene rings is 1. The van der Waals surface area contributed by atoms with Crippen LogP contribution in [0.25, 0.3) is 0 Å². The van der Waals surface area contributed by atoms with Gasteiger partial charge < -0.3 is 15.2 Å². The van der Waals surface area contributed by atoms with Gasteiger partial charge in [0.1, 0.15) is 5.75 Å². The standard InChI is InChI=1S/C16H25NO2/c1-11(10-18)12(2)17-15-6-4-13-5-7-16(19-3)9-14(13)8-15/h5,7,9,11-12,15,17-18H,4,6,8,10H2,1-3H3. The summed E-state index contributed by atoms with van der Waals surface area (Å²) in [7, 11) is 1.71. The van der Waals surface area contributed by atoms with Crippen molar-refractivity contribution in [3.63, 3.8) is 0 Å². The smallest absolute Gasteiger partial charge is 0.119 e. The number of aliphatic hydroxyl groups is 1. The molecule has 0 heterocycles. The number of hydrogen-bond donors (Lipinski definition) is 2. The monoisotopic (exact) mass is 263 g/mol. The van der Waals surface area contributed by atoms with E-state index in [-0.39, 0.29) is 6.61 Å². The molecule has 0 bridgehead atoms. The third-order valence-electron chi connectivity index (χ3n) is 4.28. The SMILES string of the molecule is COc1ccc2c(c1)CC(NC(C)C(C)CO)CC2. The lowest BCUT2D eigenvalue weighted by molar-refractivity contribution is 0.198. The Morgan fingerprint density at radius 3 is 2.84 bits per heavy atom. The molecular formula is C16H25NO2. The van der Waals surface area contributed by atoms with Crippen LogP contribution in [0, 0.1) is 5.92 Å². The van der Waals surface area contributed by atoms with Gasteiger partial charge in [0.25, 0.3) is 0 Å². The molecule has 0 aliphatic heterocycles. The molecule has 3 unspecified atom stereocenters. The normalized spacial score (nSPS) is 21.6. The van der Waals surface area contributed by atoms with E-state index in [0.717, 1.165) is 18.6 Å². The maximum atomic E-state index is 9.20. The third kappa shape index (κ3) is 3.48. The average Bonchev–Trinajstić information content (AvgIpc) is 2.45. The molecule has 0 spiro atoms. The molecule has 3 atom stereocenters. The van der Waals surface area contributed by atoms with E-state index in [1.165, 1.54) is 17.5 Å². The van der Waals surface area contributed by atoms with Crippen LogP contribution in [-0.2, 0) is 12.8 Å². The Hall–Kier alpha value is -1.06. The van der Waals surface area contributed by atoms with Crippen molar-refractivity contribution in [1.82, 2.24) is 5.32 Å². The molecule has 3 heteroatoms. The van der Waals surface area contributed by atoms with Gasteiger partial charge in [0.2, 0.25) is 0 Å². The van der Waals surface area contributed by atoms with Crippen molar-refractivity contribution >= 4 is 0 Å². The van der Waals surface area contributed by atoms with Crippen LogP contribution in [-0.4, -0.2) is 30.9 Å². The van der Waals surface area contributed by atoms with Crippen molar-refractivity contribution in [1.29, 1.82) is 0 Å². The zero-order valence-corrected chi connectivity index (χ0v) is 12.1. The molecule has 3 nitrogen and oxygen atoms in total. The second-order valence-electron chi connectivity index (χ2n) is 5.69. The molecule has 0 amide bonds. The highest BCUT2D eigenvalue weighted by Crippen LogP contribution is 2.26. The Kier molecular flexibility index (Phi) is 4.83. The summed E-state index contributed by atoms with van der Waals surface area (Å²) in [4.78, 5) is 0. The predicted octanol–water partition coefficient (Wildman–Crippen LogP) is 2.16. The molecule has 19 heavy (non-hydrogen) atoms. The zero-order chi connectivity index (χ0) is 13.8. The van der Waals surface area contributed by atoms with E-state index < -0.39 is 0 Å².